The Labute approximate surface area is 119 Å². The molecule has 3 aromatic rings. The van der Waals surface area contributed by atoms with Gasteiger partial charge in [0.15, 0.2) is 6.20 Å². The van der Waals surface area contributed by atoms with E-state index in [-0.39, 0.29) is 0 Å². The van der Waals surface area contributed by atoms with Crippen molar-refractivity contribution in [3.8, 4) is 22.5 Å². The topological polar surface area (TPSA) is 16.8 Å². The maximum absolute atomic E-state index is 4.40. The summed E-state index contributed by atoms with van der Waals surface area (Å²) in [5, 5.41) is 0. The number of nitrogens with zero attached hydrogens (tertiary/aromatic N) is 2. The summed E-state index contributed by atoms with van der Waals surface area (Å²) in [7, 11) is 2.08. The van der Waals surface area contributed by atoms with Gasteiger partial charge in [0, 0.05) is 17.8 Å². The summed E-state index contributed by atoms with van der Waals surface area (Å²) >= 11 is 0. The van der Waals surface area contributed by atoms with Crippen LogP contribution in [-0.4, -0.2) is 4.98 Å². The van der Waals surface area contributed by atoms with Crippen LogP contribution in [0.25, 0.3) is 22.5 Å². The van der Waals surface area contributed by atoms with Crippen LogP contribution in [0.15, 0.2) is 67.0 Å². The largest absolute Gasteiger partial charge is 0.256 e. The molecule has 0 N–H and O–H groups in total. The molecule has 0 unspecified atom stereocenters. The number of aryl methyl sites for hydroxylation is 2. The number of hydrogen-bond acceptors (Lipinski definition) is 1. The summed E-state index contributed by atoms with van der Waals surface area (Å²) in [4.78, 5) is 4.40. The average molecular weight is 261 g/mol. The van der Waals surface area contributed by atoms with Crippen LogP contribution < -0.4 is 4.57 Å². The summed E-state index contributed by atoms with van der Waals surface area (Å²) in [5.74, 6) is 0. The highest BCUT2D eigenvalue weighted by Crippen LogP contribution is 2.22. The summed E-state index contributed by atoms with van der Waals surface area (Å²) in [6, 6.07) is 18.7. The Kier molecular flexibility index (Phi) is 3.30. The van der Waals surface area contributed by atoms with Crippen LogP contribution in [-0.2, 0) is 7.05 Å². The van der Waals surface area contributed by atoms with E-state index in [1.807, 2.05) is 24.4 Å². The zero-order valence-corrected chi connectivity index (χ0v) is 11.7. The quantitative estimate of drug-likeness (QED) is 0.645. The number of benzene rings is 1. The molecule has 0 saturated carbocycles. The van der Waals surface area contributed by atoms with Gasteiger partial charge in [0.25, 0.3) is 0 Å². The fourth-order valence-corrected chi connectivity index (χ4v) is 2.43. The highest BCUT2D eigenvalue weighted by molar-refractivity contribution is 5.64. The predicted molar refractivity (Wildman–Crippen MR) is 81.0 cm³/mol. The maximum Gasteiger partial charge on any atom is 0.212 e. The van der Waals surface area contributed by atoms with Gasteiger partial charge in [0.2, 0.25) is 5.69 Å². The van der Waals surface area contributed by atoms with Crippen LogP contribution in [0.3, 0.4) is 0 Å². The molecule has 0 bridgehead atoms. The second-order valence-electron chi connectivity index (χ2n) is 4.94. The van der Waals surface area contributed by atoms with Crippen LogP contribution in [0.2, 0.25) is 0 Å². The first-order chi connectivity index (χ1) is 9.75. The van der Waals surface area contributed by atoms with Gasteiger partial charge in [-0.05, 0) is 36.8 Å². The van der Waals surface area contributed by atoms with Gasteiger partial charge in [-0.3, -0.25) is 4.98 Å². The van der Waals surface area contributed by atoms with Gasteiger partial charge in [0.1, 0.15) is 7.05 Å². The molecular formula is C18H17N2+. The Morgan fingerprint density at radius 1 is 0.900 bits per heavy atom. The molecule has 98 valence electrons. The van der Waals surface area contributed by atoms with E-state index in [9.17, 15) is 0 Å². The molecule has 0 atom stereocenters. The first-order valence-electron chi connectivity index (χ1n) is 6.73. The monoisotopic (exact) mass is 261 g/mol. The van der Waals surface area contributed by atoms with E-state index < -0.39 is 0 Å². The normalized spacial score (nSPS) is 10.5. The molecule has 0 saturated heterocycles. The number of pyridine rings is 2. The highest BCUT2D eigenvalue weighted by Gasteiger charge is 2.13. The van der Waals surface area contributed by atoms with Crippen LogP contribution in [0, 0.1) is 6.92 Å². The van der Waals surface area contributed by atoms with Gasteiger partial charge in [-0.15, -0.1) is 0 Å². The highest BCUT2D eigenvalue weighted by atomic mass is 14.9. The number of hydrogen-bond donors (Lipinski definition) is 0. The molecule has 2 aromatic heterocycles. The van der Waals surface area contributed by atoms with Crippen LogP contribution >= 0.6 is 0 Å². The molecule has 0 aliphatic heterocycles. The second kappa shape index (κ2) is 5.25. The molecule has 0 fully saturated rings. The standard InChI is InChI=1S/C18H17N2/c1-14-7-3-4-8-16(14)18-11-10-15(13-20(18)2)17-9-5-6-12-19-17/h3-13H,1-2H3/q+1. The summed E-state index contributed by atoms with van der Waals surface area (Å²) in [6.07, 6.45) is 3.95. The zero-order chi connectivity index (χ0) is 13.9. The Morgan fingerprint density at radius 3 is 2.40 bits per heavy atom. The molecule has 2 nitrogen and oxygen atoms in total. The minimum absolute atomic E-state index is 0.999. The van der Waals surface area contributed by atoms with E-state index in [4.69, 9.17) is 0 Å². The SMILES string of the molecule is Cc1ccccc1-c1ccc(-c2ccccn2)c[n+]1C. The third-order valence-corrected chi connectivity index (χ3v) is 3.52. The summed E-state index contributed by atoms with van der Waals surface area (Å²) in [6.45, 7) is 2.14. The molecular weight excluding hydrogens is 244 g/mol. The van der Waals surface area contributed by atoms with Crippen LogP contribution in [0.5, 0.6) is 0 Å². The summed E-state index contributed by atoms with van der Waals surface area (Å²) < 4.78 is 2.16. The molecule has 1 aromatic carbocycles. The molecule has 0 aliphatic rings. The first-order valence-corrected chi connectivity index (χ1v) is 6.73. The van der Waals surface area contributed by atoms with Crippen molar-refractivity contribution in [1.82, 2.24) is 4.98 Å². The Bertz CT molecular complexity index is 733. The lowest BCUT2D eigenvalue weighted by atomic mass is 10.0. The molecule has 2 heterocycles. The maximum atomic E-state index is 4.40. The van der Waals surface area contributed by atoms with E-state index >= 15 is 0 Å². The fraction of sp³-hybridized carbons (Fsp3) is 0.111. The van der Waals surface area contributed by atoms with Crippen molar-refractivity contribution in [2.24, 2.45) is 7.05 Å². The second-order valence-corrected chi connectivity index (χ2v) is 4.94. The predicted octanol–water partition coefficient (Wildman–Crippen LogP) is 3.55. The first kappa shape index (κ1) is 12.5. The van der Waals surface area contributed by atoms with Crippen molar-refractivity contribution in [3.05, 3.63) is 72.6 Å². The van der Waals surface area contributed by atoms with Crippen molar-refractivity contribution in [3.63, 3.8) is 0 Å². The van der Waals surface area contributed by atoms with Crippen molar-refractivity contribution in [1.29, 1.82) is 0 Å². The lowest BCUT2D eigenvalue weighted by Gasteiger charge is -2.05. The van der Waals surface area contributed by atoms with Gasteiger partial charge in [-0.2, -0.15) is 0 Å². The molecule has 0 aliphatic carbocycles. The zero-order valence-electron chi connectivity index (χ0n) is 11.7. The van der Waals surface area contributed by atoms with E-state index in [0.29, 0.717) is 0 Å². The van der Waals surface area contributed by atoms with Crippen LogP contribution in [0.1, 0.15) is 5.56 Å². The van der Waals surface area contributed by atoms with Gasteiger partial charge < -0.3 is 0 Å². The van der Waals surface area contributed by atoms with Crippen LogP contribution in [0.4, 0.5) is 0 Å². The van der Waals surface area contributed by atoms with Crippen molar-refractivity contribution in [2.75, 3.05) is 0 Å². The Balaban J connectivity index is 2.07. The molecule has 20 heavy (non-hydrogen) atoms. The molecule has 0 amide bonds. The van der Waals surface area contributed by atoms with E-state index in [1.54, 1.807) is 0 Å². The van der Waals surface area contributed by atoms with Gasteiger partial charge >= 0.3 is 0 Å². The smallest absolute Gasteiger partial charge is 0.212 e. The molecule has 0 radical (unpaired) electrons. The fourth-order valence-electron chi connectivity index (χ4n) is 2.43. The van der Waals surface area contributed by atoms with Crippen molar-refractivity contribution < 1.29 is 4.57 Å². The average Bonchev–Trinajstić information content (AvgIpc) is 2.49. The molecule has 3 rings (SSSR count). The van der Waals surface area contributed by atoms with Gasteiger partial charge in [-0.1, -0.05) is 24.3 Å². The third kappa shape index (κ3) is 2.32. The Hall–Kier alpha value is -2.48. The van der Waals surface area contributed by atoms with E-state index in [2.05, 4.69) is 66.1 Å². The van der Waals surface area contributed by atoms with Crippen molar-refractivity contribution in [2.45, 2.75) is 6.92 Å². The van der Waals surface area contributed by atoms with E-state index in [0.717, 1.165) is 11.3 Å². The Morgan fingerprint density at radius 2 is 1.70 bits per heavy atom. The van der Waals surface area contributed by atoms with E-state index in [1.165, 1.54) is 16.8 Å². The molecule has 2 heteroatoms. The van der Waals surface area contributed by atoms with Gasteiger partial charge in [0.05, 0.1) is 11.3 Å². The summed E-state index contributed by atoms with van der Waals surface area (Å²) in [5.41, 5.74) is 5.89. The minimum Gasteiger partial charge on any atom is -0.256 e. The lowest BCUT2D eigenvalue weighted by Crippen LogP contribution is -2.30. The molecule has 0 spiro atoms. The van der Waals surface area contributed by atoms with Gasteiger partial charge in [-0.25, -0.2) is 4.57 Å². The van der Waals surface area contributed by atoms with Crippen molar-refractivity contribution >= 4 is 0 Å². The minimum atomic E-state index is 0.999. The third-order valence-electron chi connectivity index (χ3n) is 3.52. The number of rotatable bonds is 2. The lowest BCUT2D eigenvalue weighted by molar-refractivity contribution is -0.659. The number of aromatic nitrogens is 2.